The van der Waals surface area contributed by atoms with Crippen molar-refractivity contribution in [1.29, 1.82) is 0 Å². The molecule has 5 rings (SSSR count). The molecule has 0 aliphatic carbocycles. The average Bonchev–Trinajstić information content (AvgIpc) is 3.32. The number of aromatic nitrogens is 3. The van der Waals surface area contributed by atoms with Gasteiger partial charge in [-0.3, -0.25) is 0 Å². The number of imidazole rings is 1. The van der Waals surface area contributed by atoms with Gasteiger partial charge in [-0.2, -0.15) is 0 Å². The third-order valence-corrected chi connectivity index (χ3v) is 5.45. The average molecular weight is 428 g/mol. The first-order valence-electron chi connectivity index (χ1n) is 9.18. The van der Waals surface area contributed by atoms with Gasteiger partial charge in [-0.1, -0.05) is 70.0 Å². The molecule has 3 aromatic carbocycles. The van der Waals surface area contributed by atoms with E-state index in [1.165, 1.54) is 5.56 Å². The second kappa shape index (κ2) is 6.80. The van der Waals surface area contributed by atoms with Gasteiger partial charge in [0.25, 0.3) is 0 Å². The van der Waals surface area contributed by atoms with Gasteiger partial charge in [-0.25, -0.2) is 4.98 Å². The molecule has 4 heteroatoms. The minimum absolute atomic E-state index is 0.861. The molecular formula is C24H18BrN3. The second-order valence-electron chi connectivity index (χ2n) is 6.94. The summed E-state index contributed by atoms with van der Waals surface area (Å²) in [5, 5.41) is 1.14. The number of rotatable bonds is 3. The Balaban J connectivity index is 1.75. The largest absolute Gasteiger partial charge is 0.360 e. The fraction of sp³-hybridized carbons (Fsp3) is 0.0417. The lowest BCUT2D eigenvalue weighted by Gasteiger charge is -2.04. The molecule has 0 amide bonds. The third-order valence-electron chi connectivity index (χ3n) is 4.96. The zero-order valence-electron chi connectivity index (χ0n) is 15.3. The Kier molecular flexibility index (Phi) is 4.14. The number of hydrogen-bond acceptors (Lipinski definition) is 1. The highest BCUT2D eigenvalue weighted by Crippen LogP contribution is 2.36. The lowest BCUT2D eigenvalue weighted by Crippen LogP contribution is -1.84. The summed E-state index contributed by atoms with van der Waals surface area (Å²) in [5.74, 6) is 0.861. The van der Waals surface area contributed by atoms with Crippen LogP contribution in [0.1, 0.15) is 5.56 Å². The van der Waals surface area contributed by atoms with Crippen molar-refractivity contribution in [2.75, 3.05) is 0 Å². The van der Waals surface area contributed by atoms with Crippen LogP contribution in [0.2, 0.25) is 0 Å². The fourth-order valence-corrected chi connectivity index (χ4v) is 3.97. The summed E-state index contributed by atoms with van der Waals surface area (Å²) >= 11 is 3.58. The molecule has 0 saturated carbocycles. The number of aromatic amines is 2. The van der Waals surface area contributed by atoms with Gasteiger partial charge in [-0.15, -0.1) is 0 Å². The lowest BCUT2D eigenvalue weighted by molar-refractivity contribution is 1.31. The summed E-state index contributed by atoms with van der Waals surface area (Å²) in [7, 11) is 0. The van der Waals surface area contributed by atoms with E-state index in [1.54, 1.807) is 0 Å². The highest BCUT2D eigenvalue weighted by Gasteiger charge is 2.17. The Bertz CT molecular complexity index is 1280. The van der Waals surface area contributed by atoms with Crippen LogP contribution in [0.15, 0.2) is 83.5 Å². The van der Waals surface area contributed by atoms with Crippen molar-refractivity contribution < 1.29 is 0 Å². The number of halogens is 1. The lowest BCUT2D eigenvalue weighted by atomic mass is 10.0. The van der Waals surface area contributed by atoms with E-state index < -0.39 is 0 Å². The summed E-state index contributed by atoms with van der Waals surface area (Å²) in [6, 6.07) is 25.1. The molecule has 5 aromatic rings. The van der Waals surface area contributed by atoms with Crippen LogP contribution in [0, 0.1) is 6.92 Å². The fourth-order valence-electron chi connectivity index (χ4n) is 3.60. The first-order chi connectivity index (χ1) is 13.7. The molecule has 0 spiro atoms. The number of H-pyrrole nitrogens is 2. The molecule has 28 heavy (non-hydrogen) atoms. The molecule has 136 valence electrons. The normalized spacial score (nSPS) is 11.2. The summed E-state index contributed by atoms with van der Waals surface area (Å²) in [4.78, 5) is 12.0. The smallest absolute Gasteiger partial charge is 0.140 e. The Morgan fingerprint density at radius 1 is 0.857 bits per heavy atom. The highest BCUT2D eigenvalue weighted by atomic mass is 79.9. The zero-order valence-corrected chi connectivity index (χ0v) is 16.9. The van der Waals surface area contributed by atoms with E-state index in [4.69, 9.17) is 4.98 Å². The first-order valence-corrected chi connectivity index (χ1v) is 9.98. The van der Waals surface area contributed by atoms with Crippen LogP contribution in [0.25, 0.3) is 44.8 Å². The molecule has 0 fully saturated rings. The Hall–Kier alpha value is -3.11. The summed E-state index contributed by atoms with van der Waals surface area (Å²) in [5.41, 5.74) is 7.61. The van der Waals surface area contributed by atoms with Crippen molar-refractivity contribution in [2.24, 2.45) is 0 Å². The van der Waals surface area contributed by atoms with Crippen LogP contribution in [0.4, 0.5) is 0 Å². The highest BCUT2D eigenvalue weighted by molar-refractivity contribution is 9.10. The summed E-state index contributed by atoms with van der Waals surface area (Å²) in [6.07, 6.45) is 2.02. The number of hydrogen-bond donors (Lipinski definition) is 2. The van der Waals surface area contributed by atoms with Crippen LogP contribution in [-0.4, -0.2) is 15.0 Å². The van der Waals surface area contributed by atoms with Gasteiger partial charge in [0.05, 0.1) is 11.4 Å². The summed E-state index contributed by atoms with van der Waals surface area (Å²) in [6.45, 7) is 2.11. The number of nitrogens with one attached hydrogen (secondary N) is 2. The zero-order chi connectivity index (χ0) is 19.1. The molecule has 0 aliphatic heterocycles. The molecule has 0 aliphatic rings. The third kappa shape index (κ3) is 2.96. The standard InChI is InChI=1S/C24H18BrN3/c1-15-6-5-9-17(12-15)23-22(16-7-3-2-4-8-16)27-24(28-23)20-14-26-21-11-10-18(25)13-19(20)21/h2-14,26H,1H3,(H,27,28). The van der Waals surface area contributed by atoms with Crippen molar-refractivity contribution >= 4 is 26.8 Å². The Morgan fingerprint density at radius 2 is 1.68 bits per heavy atom. The second-order valence-corrected chi connectivity index (χ2v) is 7.85. The maximum absolute atomic E-state index is 5.03. The van der Waals surface area contributed by atoms with Gasteiger partial charge in [0, 0.05) is 38.3 Å². The minimum Gasteiger partial charge on any atom is -0.360 e. The molecule has 0 atom stereocenters. The van der Waals surface area contributed by atoms with Crippen LogP contribution < -0.4 is 0 Å². The van der Waals surface area contributed by atoms with E-state index in [1.807, 2.05) is 18.3 Å². The Morgan fingerprint density at radius 3 is 2.50 bits per heavy atom. The number of nitrogens with zero attached hydrogens (tertiary/aromatic N) is 1. The quantitative estimate of drug-likeness (QED) is 0.321. The monoisotopic (exact) mass is 427 g/mol. The van der Waals surface area contributed by atoms with Gasteiger partial charge in [0.15, 0.2) is 0 Å². The molecule has 2 heterocycles. The van der Waals surface area contributed by atoms with E-state index in [9.17, 15) is 0 Å². The van der Waals surface area contributed by atoms with Crippen molar-refractivity contribution in [3.63, 3.8) is 0 Å². The Labute approximate surface area is 171 Å². The van der Waals surface area contributed by atoms with Gasteiger partial charge in [-0.05, 0) is 31.2 Å². The van der Waals surface area contributed by atoms with Gasteiger partial charge in [0.2, 0.25) is 0 Å². The predicted octanol–water partition coefficient (Wildman–Crippen LogP) is 6.96. The number of fused-ring (bicyclic) bond motifs is 1. The van der Waals surface area contributed by atoms with Gasteiger partial charge < -0.3 is 9.97 Å². The molecule has 0 radical (unpaired) electrons. The van der Waals surface area contributed by atoms with E-state index in [2.05, 4.69) is 93.5 Å². The van der Waals surface area contributed by atoms with Gasteiger partial charge in [0.1, 0.15) is 5.82 Å². The van der Waals surface area contributed by atoms with Crippen molar-refractivity contribution in [3.05, 3.63) is 89.0 Å². The number of aryl methyl sites for hydroxylation is 1. The molecule has 0 unspecified atom stereocenters. The molecule has 2 aromatic heterocycles. The van der Waals surface area contributed by atoms with E-state index >= 15 is 0 Å². The van der Waals surface area contributed by atoms with Gasteiger partial charge >= 0.3 is 0 Å². The molecule has 3 nitrogen and oxygen atoms in total. The maximum Gasteiger partial charge on any atom is 0.140 e. The molecule has 0 saturated heterocycles. The van der Waals surface area contributed by atoms with Crippen LogP contribution in [0.3, 0.4) is 0 Å². The molecule has 0 bridgehead atoms. The maximum atomic E-state index is 5.03. The minimum atomic E-state index is 0.861. The van der Waals surface area contributed by atoms with Crippen LogP contribution in [0.5, 0.6) is 0 Å². The number of benzene rings is 3. The predicted molar refractivity (Wildman–Crippen MR) is 119 cm³/mol. The van der Waals surface area contributed by atoms with Crippen LogP contribution >= 0.6 is 15.9 Å². The van der Waals surface area contributed by atoms with Crippen molar-refractivity contribution in [1.82, 2.24) is 15.0 Å². The topological polar surface area (TPSA) is 44.5 Å². The van der Waals surface area contributed by atoms with Crippen molar-refractivity contribution in [2.45, 2.75) is 6.92 Å². The SMILES string of the molecule is Cc1cccc(-c2nc(-c3c[nH]c4ccc(Br)cc34)[nH]c2-c2ccccc2)c1. The van der Waals surface area contributed by atoms with Crippen LogP contribution in [-0.2, 0) is 0 Å². The van der Waals surface area contributed by atoms with E-state index in [0.717, 1.165) is 49.3 Å². The first kappa shape index (κ1) is 17.0. The van der Waals surface area contributed by atoms with E-state index in [-0.39, 0.29) is 0 Å². The van der Waals surface area contributed by atoms with Crippen molar-refractivity contribution in [3.8, 4) is 33.9 Å². The van der Waals surface area contributed by atoms with E-state index in [0.29, 0.717) is 0 Å². The molecular weight excluding hydrogens is 410 g/mol. The summed E-state index contributed by atoms with van der Waals surface area (Å²) < 4.78 is 1.05. The molecule has 2 N–H and O–H groups in total.